The second kappa shape index (κ2) is 14.0. The number of rotatable bonds is 13. The van der Waals surface area contributed by atoms with Gasteiger partial charge in [0.05, 0.1) is 67.2 Å². The summed E-state index contributed by atoms with van der Waals surface area (Å²) in [6.07, 6.45) is 10.4. The third-order valence-corrected chi connectivity index (χ3v) is 9.89. The van der Waals surface area contributed by atoms with Crippen LogP contribution < -0.4 is 9.08 Å². The van der Waals surface area contributed by atoms with Crippen LogP contribution in [0.2, 0.25) is 0 Å². The third kappa shape index (κ3) is 8.84. The third-order valence-electron chi connectivity index (χ3n) is 9.30. The van der Waals surface area contributed by atoms with Crippen molar-refractivity contribution in [2.24, 2.45) is 0 Å². The lowest BCUT2D eigenvalue weighted by Gasteiger charge is -2.29. The minimum atomic E-state index is -2.38. The minimum absolute atomic E-state index is 0.153. The predicted octanol–water partition coefficient (Wildman–Crippen LogP) is 7.44. The Morgan fingerprint density at radius 2 is 1.62 bits per heavy atom. The summed E-state index contributed by atoms with van der Waals surface area (Å²) in [5.41, 5.74) is 7.90. The predicted molar refractivity (Wildman–Crippen MR) is 198 cm³/mol. The van der Waals surface area contributed by atoms with Crippen LogP contribution in [0.15, 0.2) is 71.4 Å². The summed E-state index contributed by atoms with van der Waals surface area (Å²) in [6, 6.07) is 12.4. The van der Waals surface area contributed by atoms with E-state index >= 15 is 0 Å². The topological polar surface area (TPSA) is 52.8 Å². The Labute approximate surface area is 291 Å². The number of hydrogen-bond donors (Lipinski definition) is 1. The quantitative estimate of drug-likeness (QED) is 0.103. The molecule has 0 saturated heterocycles. The molecule has 256 valence electrons. The van der Waals surface area contributed by atoms with Gasteiger partial charge in [-0.2, -0.15) is 8.78 Å². The Bertz CT molecular complexity index is 1640. The fourth-order valence-electron chi connectivity index (χ4n) is 6.84. The normalized spacial score (nSPS) is 19.1. The van der Waals surface area contributed by atoms with E-state index in [-0.39, 0.29) is 10.8 Å². The maximum Gasteiger partial charge on any atom is 0.357 e. The van der Waals surface area contributed by atoms with Crippen LogP contribution in [-0.2, 0) is 22.2 Å². The Balaban J connectivity index is 1.69. The number of aryl methyl sites for hydroxylation is 1. The lowest BCUT2D eigenvalue weighted by Crippen LogP contribution is -2.37. The van der Waals surface area contributed by atoms with Crippen LogP contribution in [0.4, 0.5) is 11.4 Å². The van der Waals surface area contributed by atoms with Crippen molar-refractivity contribution in [3.8, 4) is 5.75 Å². The smallest absolute Gasteiger partial charge is 0.357 e. The van der Waals surface area contributed by atoms with Crippen LogP contribution in [0, 0.1) is 6.92 Å². The highest BCUT2D eigenvalue weighted by Crippen LogP contribution is 2.48. The first kappa shape index (κ1) is 37.1. The Morgan fingerprint density at radius 3 is 2.26 bits per heavy atom. The van der Waals surface area contributed by atoms with Crippen molar-refractivity contribution in [1.29, 1.82) is 0 Å². The molecule has 0 aromatic heterocycles. The average molecular weight is 684 g/mol. The first-order valence-electron chi connectivity index (χ1n) is 16.5. The number of benzene rings is 2. The summed E-state index contributed by atoms with van der Waals surface area (Å²) >= 11 is 4.59. The molecule has 0 radical (unpaired) electrons. The summed E-state index contributed by atoms with van der Waals surface area (Å²) in [5.74, 6) is 0.375. The first-order chi connectivity index (χ1) is 21.7. The van der Waals surface area contributed by atoms with Gasteiger partial charge in [0, 0.05) is 52.5 Å². The van der Waals surface area contributed by atoms with Gasteiger partial charge < -0.3 is 18.0 Å². The molecule has 7 nitrogen and oxygen atoms in total. The van der Waals surface area contributed by atoms with E-state index in [1.165, 1.54) is 22.5 Å². The summed E-state index contributed by atoms with van der Waals surface area (Å²) in [5, 5.41) is 0.650. The van der Waals surface area contributed by atoms with Gasteiger partial charge >= 0.3 is 11.4 Å². The van der Waals surface area contributed by atoms with Gasteiger partial charge in [0.15, 0.2) is 12.3 Å². The van der Waals surface area contributed by atoms with Crippen LogP contribution in [0.1, 0.15) is 57.2 Å². The average Bonchev–Trinajstić information content (AvgIpc) is 3.27. The summed E-state index contributed by atoms with van der Waals surface area (Å²) in [4.78, 5) is 2.48. The highest BCUT2D eigenvalue weighted by atomic mass is 35.5. The van der Waals surface area contributed by atoms with Gasteiger partial charge in [0.1, 0.15) is 5.75 Å². The summed E-state index contributed by atoms with van der Waals surface area (Å²) < 4.78 is 30.1. The van der Waals surface area contributed by atoms with E-state index in [1.807, 2.05) is 24.3 Å². The molecule has 1 N–H and O–H groups in total. The number of allylic oxidation sites excluding steroid dienone is 6. The van der Waals surface area contributed by atoms with E-state index in [0.29, 0.717) is 10.8 Å². The SMILES string of the molecule is Cc1ccc2c(c1)C(C)(C)\C(=C/C=C(Cl)/C=C/C1=[N+](CCC[N+](C)(C)C)c3ccc(OS(=O)O)cc3C1(C)C)N2CCC[N+](C)(C)C. The van der Waals surface area contributed by atoms with E-state index in [4.69, 9.17) is 15.8 Å². The largest absolute Gasteiger partial charge is 0.380 e. The van der Waals surface area contributed by atoms with Crippen LogP contribution in [0.3, 0.4) is 0 Å². The van der Waals surface area contributed by atoms with Gasteiger partial charge in [0.2, 0.25) is 5.69 Å². The molecule has 0 aliphatic carbocycles. The Hall–Kier alpha value is -2.75. The van der Waals surface area contributed by atoms with Crippen molar-refractivity contribution in [3.05, 3.63) is 88.1 Å². The maximum absolute atomic E-state index is 11.4. The molecule has 47 heavy (non-hydrogen) atoms. The number of quaternary nitrogens is 2. The number of fused-ring (bicyclic) bond motifs is 2. The Morgan fingerprint density at radius 1 is 0.957 bits per heavy atom. The molecule has 2 aromatic rings. The van der Waals surface area contributed by atoms with Gasteiger partial charge in [-0.05, 0) is 62.8 Å². The van der Waals surface area contributed by atoms with Crippen LogP contribution >= 0.6 is 11.6 Å². The zero-order valence-corrected chi connectivity index (χ0v) is 31.9. The van der Waals surface area contributed by atoms with E-state index in [2.05, 4.69) is 117 Å². The zero-order valence-electron chi connectivity index (χ0n) is 30.4. The molecule has 0 fully saturated rings. The van der Waals surface area contributed by atoms with Crippen LogP contribution in [0.25, 0.3) is 0 Å². The van der Waals surface area contributed by atoms with Gasteiger partial charge in [-0.3, -0.25) is 4.55 Å². The van der Waals surface area contributed by atoms with Gasteiger partial charge in [-0.15, -0.1) is 0 Å². The van der Waals surface area contributed by atoms with E-state index < -0.39 is 11.4 Å². The molecule has 2 aliphatic heterocycles. The number of halogens is 1. The second-order valence-electron chi connectivity index (χ2n) is 16.1. The van der Waals surface area contributed by atoms with Crippen LogP contribution in [-0.4, -0.2) is 96.5 Å². The molecule has 0 bridgehead atoms. The molecular weight excluding hydrogens is 628 g/mol. The minimum Gasteiger partial charge on any atom is -0.380 e. The van der Waals surface area contributed by atoms with Gasteiger partial charge in [-0.25, -0.2) is 0 Å². The van der Waals surface area contributed by atoms with Crippen molar-refractivity contribution < 1.29 is 26.5 Å². The highest BCUT2D eigenvalue weighted by Gasteiger charge is 2.45. The van der Waals surface area contributed by atoms with Crippen molar-refractivity contribution in [1.82, 2.24) is 0 Å². The zero-order chi connectivity index (χ0) is 34.9. The summed E-state index contributed by atoms with van der Waals surface area (Å²) in [6.45, 7) is 15.1. The molecule has 9 heteroatoms. The summed E-state index contributed by atoms with van der Waals surface area (Å²) in [7, 11) is 13.4. The van der Waals surface area contributed by atoms with Crippen molar-refractivity contribution in [2.75, 3.05) is 73.4 Å². The van der Waals surface area contributed by atoms with E-state index in [1.54, 1.807) is 6.07 Å². The van der Waals surface area contributed by atoms with Crippen molar-refractivity contribution >= 4 is 40.0 Å². The van der Waals surface area contributed by atoms with Crippen molar-refractivity contribution in [2.45, 2.75) is 58.3 Å². The molecule has 1 atom stereocenters. The molecule has 2 heterocycles. The maximum atomic E-state index is 11.4. The number of nitrogens with zero attached hydrogens (tertiary/aromatic N) is 4. The molecule has 0 saturated carbocycles. The molecule has 4 rings (SSSR count). The molecule has 2 aromatic carbocycles. The Kier molecular flexibility index (Phi) is 11.0. The van der Waals surface area contributed by atoms with E-state index in [9.17, 15) is 8.76 Å². The fourth-order valence-corrected chi connectivity index (χ4v) is 7.23. The van der Waals surface area contributed by atoms with E-state index in [0.717, 1.165) is 64.9 Å². The molecule has 2 aliphatic rings. The van der Waals surface area contributed by atoms with Crippen molar-refractivity contribution in [3.63, 3.8) is 0 Å². The lowest BCUT2D eigenvalue weighted by atomic mass is 9.81. The first-order valence-corrected chi connectivity index (χ1v) is 18.0. The molecule has 0 spiro atoms. The highest BCUT2D eigenvalue weighted by molar-refractivity contribution is 7.74. The monoisotopic (exact) mass is 683 g/mol. The van der Waals surface area contributed by atoms with Gasteiger partial charge in [0.25, 0.3) is 0 Å². The number of hydrogen-bond acceptors (Lipinski definition) is 3. The van der Waals surface area contributed by atoms with Crippen LogP contribution in [0.5, 0.6) is 5.75 Å². The lowest BCUT2D eigenvalue weighted by molar-refractivity contribution is -0.871. The molecule has 1 unspecified atom stereocenters. The van der Waals surface area contributed by atoms with Gasteiger partial charge in [-0.1, -0.05) is 43.1 Å². The molecule has 0 amide bonds. The standard InChI is InChI=1S/C38H55ClN4O3S/c1-28-14-18-33-31(26-28)37(2,3)35(40(33)22-12-24-42(6,7)8)20-15-29(39)16-21-36-38(4,5)32-27-30(46-47(44)45)17-19-34(32)41(36)23-13-25-43(9,10)11/h14-21,26-27H,12-13,22-25H2,1-11H3/q+2/p+1. The fraction of sp³-hybridized carbons (Fsp3) is 0.500. The second-order valence-corrected chi connectivity index (χ2v) is 17.1. The number of anilines is 1. The molecular formula is C38H56ClN4O3S+3.